The Morgan fingerprint density at radius 2 is 2.22 bits per heavy atom. The number of aromatic nitrogens is 1. The minimum absolute atomic E-state index is 0.441. The van der Waals surface area contributed by atoms with E-state index in [1.165, 1.54) is 0 Å². The van der Waals surface area contributed by atoms with E-state index < -0.39 is 0 Å². The van der Waals surface area contributed by atoms with Crippen LogP contribution in [0.15, 0.2) is 45.6 Å². The Kier molecular flexibility index (Phi) is 4.96. The van der Waals surface area contributed by atoms with E-state index in [4.69, 9.17) is 4.42 Å². The summed E-state index contributed by atoms with van der Waals surface area (Å²) in [6.45, 7) is 2.97. The Balaban J connectivity index is 1.73. The highest BCUT2D eigenvalue weighted by Gasteiger charge is 2.04. The molecule has 0 saturated carbocycles. The third-order valence-corrected chi connectivity index (χ3v) is 3.25. The molecular formula is C14H17BrN2O. The molecule has 0 bridgehead atoms. The second kappa shape index (κ2) is 6.71. The Morgan fingerprint density at radius 3 is 2.94 bits per heavy atom. The number of halogens is 1. The molecule has 2 aromatic rings. The summed E-state index contributed by atoms with van der Waals surface area (Å²) in [5.41, 5.74) is 1.05. The maximum Gasteiger partial charge on any atom is 0.106 e. The number of pyridine rings is 1. The molecule has 0 spiro atoms. The molecule has 0 aliphatic heterocycles. The van der Waals surface area contributed by atoms with Crippen LogP contribution in [0.2, 0.25) is 0 Å². The number of aryl methyl sites for hydroxylation is 1. The normalized spacial score (nSPS) is 12.6. The first kappa shape index (κ1) is 13.3. The van der Waals surface area contributed by atoms with E-state index in [2.05, 4.69) is 33.2 Å². The summed E-state index contributed by atoms with van der Waals surface area (Å²) in [4.78, 5) is 4.39. The van der Waals surface area contributed by atoms with E-state index in [1.807, 2.05) is 30.3 Å². The Bertz CT molecular complexity index is 470. The maximum absolute atomic E-state index is 5.32. The van der Waals surface area contributed by atoms with Gasteiger partial charge >= 0.3 is 0 Å². The van der Waals surface area contributed by atoms with Gasteiger partial charge in [0.25, 0.3) is 0 Å². The Labute approximate surface area is 116 Å². The SMILES string of the molecule is CC(CCc1ccco1)NCc1cccc(Br)n1. The lowest BCUT2D eigenvalue weighted by atomic mass is 10.1. The van der Waals surface area contributed by atoms with Gasteiger partial charge in [0.1, 0.15) is 10.4 Å². The first-order chi connectivity index (χ1) is 8.74. The van der Waals surface area contributed by atoms with Gasteiger partial charge in [-0.1, -0.05) is 6.07 Å². The molecule has 1 unspecified atom stereocenters. The molecule has 4 heteroatoms. The van der Waals surface area contributed by atoms with Crippen molar-refractivity contribution in [3.63, 3.8) is 0 Å². The van der Waals surface area contributed by atoms with Crippen molar-refractivity contribution in [1.29, 1.82) is 0 Å². The first-order valence-corrected chi connectivity index (χ1v) is 6.90. The molecule has 0 radical (unpaired) electrons. The van der Waals surface area contributed by atoms with Gasteiger partial charge in [-0.2, -0.15) is 0 Å². The van der Waals surface area contributed by atoms with Crippen LogP contribution in [-0.4, -0.2) is 11.0 Å². The third kappa shape index (κ3) is 4.27. The van der Waals surface area contributed by atoms with Gasteiger partial charge in [-0.15, -0.1) is 0 Å². The molecule has 2 heterocycles. The molecule has 2 aromatic heterocycles. The zero-order valence-electron chi connectivity index (χ0n) is 10.4. The van der Waals surface area contributed by atoms with Crippen molar-refractivity contribution >= 4 is 15.9 Å². The molecule has 3 nitrogen and oxygen atoms in total. The zero-order valence-corrected chi connectivity index (χ0v) is 12.0. The monoisotopic (exact) mass is 308 g/mol. The van der Waals surface area contributed by atoms with E-state index in [0.717, 1.165) is 35.4 Å². The van der Waals surface area contributed by atoms with E-state index in [0.29, 0.717) is 6.04 Å². The van der Waals surface area contributed by atoms with Crippen LogP contribution in [0.4, 0.5) is 0 Å². The highest BCUT2D eigenvalue weighted by Crippen LogP contribution is 2.08. The number of hydrogen-bond donors (Lipinski definition) is 1. The number of nitrogens with one attached hydrogen (secondary N) is 1. The fourth-order valence-corrected chi connectivity index (χ4v) is 2.12. The van der Waals surface area contributed by atoms with Crippen molar-refractivity contribution in [1.82, 2.24) is 10.3 Å². The standard InChI is InChI=1S/C14H17BrN2O/c1-11(7-8-13-5-3-9-18-13)16-10-12-4-2-6-14(15)17-12/h2-6,9,11,16H,7-8,10H2,1H3. The van der Waals surface area contributed by atoms with Gasteiger partial charge in [0.15, 0.2) is 0 Å². The summed E-state index contributed by atoms with van der Waals surface area (Å²) >= 11 is 3.37. The van der Waals surface area contributed by atoms with Crippen molar-refractivity contribution in [2.75, 3.05) is 0 Å². The van der Waals surface area contributed by atoms with Gasteiger partial charge in [-0.25, -0.2) is 4.98 Å². The van der Waals surface area contributed by atoms with Gasteiger partial charge in [0.2, 0.25) is 0 Å². The highest BCUT2D eigenvalue weighted by molar-refractivity contribution is 9.10. The van der Waals surface area contributed by atoms with Gasteiger partial charge in [-0.05, 0) is 53.5 Å². The molecule has 18 heavy (non-hydrogen) atoms. The summed E-state index contributed by atoms with van der Waals surface area (Å²) in [5, 5.41) is 3.46. The Hall–Kier alpha value is -1.13. The van der Waals surface area contributed by atoms with Crippen LogP contribution in [0, 0.1) is 0 Å². The van der Waals surface area contributed by atoms with Gasteiger partial charge in [0, 0.05) is 19.0 Å². The molecule has 2 rings (SSSR count). The van der Waals surface area contributed by atoms with Gasteiger partial charge < -0.3 is 9.73 Å². The van der Waals surface area contributed by atoms with Crippen LogP contribution in [0.5, 0.6) is 0 Å². The van der Waals surface area contributed by atoms with Gasteiger partial charge in [0.05, 0.1) is 12.0 Å². The van der Waals surface area contributed by atoms with Crippen LogP contribution in [-0.2, 0) is 13.0 Å². The summed E-state index contributed by atoms with van der Waals surface area (Å²) in [6, 6.07) is 10.3. The summed E-state index contributed by atoms with van der Waals surface area (Å²) in [7, 11) is 0. The maximum atomic E-state index is 5.32. The molecule has 0 aromatic carbocycles. The highest BCUT2D eigenvalue weighted by atomic mass is 79.9. The fourth-order valence-electron chi connectivity index (χ4n) is 1.74. The number of hydrogen-bond acceptors (Lipinski definition) is 3. The first-order valence-electron chi connectivity index (χ1n) is 6.11. The van der Waals surface area contributed by atoms with E-state index in [9.17, 15) is 0 Å². The predicted octanol–water partition coefficient (Wildman–Crippen LogP) is 3.55. The minimum atomic E-state index is 0.441. The number of furan rings is 1. The van der Waals surface area contributed by atoms with Crippen molar-refractivity contribution in [2.24, 2.45) is 0 Å². The average molecular weight is 309 g/mol. The molecule has 96 valence electrons. The van der Waals surface area contributed by atoms with E-state index in [1.54, 1.807) is 6.26 Å². The molecule has 0 saturated heterocycles. The molecule has 0 aliphatic rings. The zero-order chi connectivity index (χ0) is 12.8. The third-order valence-electron chi connectivity index (χ3n) is 2.81. The lowest BCUT2D eigenvalue weighted by Gasteiger charge is -2.12. The van der Waals surface area contributed by atoms with Crippen LogP contribution in [0.1, 0.15) is 24.8 Å². The van der Waals surface area contributed by atoms with Crippen LogP contribution in [0.3, 0.4) is 0 Å². The molecule has 0 fully saturated rings. The van der Waals surface area contributed by atoms with Crippen molar-refractivity contribution < 1.29 is 4.42 Å². The summed E-state index contributed by atoms with van der Waals surface area (Å²) in [5.74, 6) is 1.05. The molecular weight excluding hydrogens is 292 g/mol. The van der Waals surface area contributed by atoms with Crippen LogP contribution < -0.4 is 5.32 Å². The van der Waals surface area contributed by atoms with Crippen molar-refractivity contribution in [2.45, 2.75) is 32.4 Å². The predicted molar refractivity (Wildman–Crippen MR) is 75.3 cm³/mol. The second-order valence-electron chi connectivity index (χ2n) is 4.35. The minimum Gasteiger partial charge on any atom is -0.469 e. The van der Waals surface area contributed by atoms with E-state index in [-0.39, 0.29) is 0 Å². The molecule has 1 atom stereocenters. The Morgan fingerprint density at radius 1 is 1.33 bits per heavy atom. The van der Waals surface area contributed by atoms with E-state index >= 15 is 0 Å². The van der Waals surface area contributed by atoms with Gasteiger partial charge in [-0.3, -0.25) is 0 Å². The summed E-state index contributed by atoms with van der Waals surface area (Å²) in [6.07, 6.45) is 3.74. The largest absolute Gasteiger partial charge is 0.469 e. The van der Waals surface area contributed by atoms with Crippen molar-refractivity contribution in [3.05, 3.63) is 52.7 Å². The number of nitrogens with zero attached hydrogens (tertiary/aromatic N) is 1. The molecule has 1 N–H and O–H groups in total. The summed E-state index contributed by atoms with van der Waals surface area (Å²) < 4.78 is 6.20. The smallest absolute Gasteiger partial charge is 0.106 e. The molecule has 0 aliphatic carbocycles. The average Bonchev–Trinajstić information content (AvgIpc) is 2.87. The van der Waals surface area contributed by atoms with Crippen molar-refractivity contribution in [3.8, 4) is 0 Å². The van der Waals surface area contributed by atoms with Crippen LogP contribution >= 0.6 is 15.9 Å². The number of rotatable bonds is 6. The van der Waals surface area contributed by atoms with Crippen LogP contribution in [0.25, 0.3) is 0 Å². The fraction of sp³-hybridized carbons (Fsp3) is 0.357. The topological polar surface area (TPSA) is 38.1 Å². The quantitative estimate of drug-likeness (QED) is 0.829. The second-order valence-corrected chi connectivity index (χ2v) is 5.16. The lowest BCUT2D eigenvalue weighted by molar-refractivity contribution is 0.458. The lowest BCUT2D eigenvalue weighted by Crippen LogP contribution is -2.26. The molecule has 0 amide bonds.